The second-order valence-corrected chi connectivity index (χ2v) is 7.72. The minimum Gasteiger partial charge on any atom is -0.394 e. The highest BCUT2D eigenvalue weighted by Gasteiger charge is 2.23. The molecule has 5 nitrogen and oxygen atoms in total. The monoisotopic (exact) mass is 360 g/mol. The Bertz CT molecular complexity index is 343. The van der Waals surface area contributed by atoms with Crippen LogP contribution in [0.5, 0.6) is 0 Å². The SMILES string of the molecule is CC(=CCOC[C@H](O)[C@@H](O)[C@H](O)CO)CCCC(C)CCCC(C)C. The molecule has 0 rings (SSSR count). The van der Waals surface area contributed by atoms with E-state index in [9.17, 15) is 15.3 Å². The predicted molar refractivity (Wildman–Crippen MR) is 101 cm³/mol. The molecule has 0 aliphatic heterocycles. The Hall–Kier alpha value is -0.460. The van der Waals surface area contributed by atoms with Crippen LogP contribution in [0.25, 0.3) is 0 Å². The van der Waals surface area contributed by atoms with Crippen molar-refractivity contribution in [2.24, 2.45) is 11.8 Å². The van der Waals surface area contributed by atoms with Crippen molar-refractivity contribution in [3.63, 3.8) is 0 Å². The number of hydrogen-bond acceptors (Lipinski definition) is 5. The fourth-order valence-corrected chi connectivity index (χ4v) is 2.70. The van der Waals surface area contributed by atoms with Crippen LogP contribution in [0.4, 0.5) is 0 Å². The van der Waals surface area contributed by atoms with Crippen LogP contribution in [0.1, 0.15) is 66.2 Å². The third-order valence-corrected chi connectivity index (χ3v) is 4.56. The average Bonchev–Trinajstić information content (AvgIpc) is 2.56. The topological polar surface area (TPSA) is 90.2 Å². The highest BCUT2D eigenvalue weighted by atomic mass is 16.5. The maximum Gasteiger partial charge on any atom is 0.110 e. The molecule has 0 fully saturated rings. The van der Waals surface area contributed by atoms with Gasteiger partial charge in [-0.25, -0.2) is 0 Å². The molecule has 0 aromatic rings. The van der Waals surface area contributed by atoms with Gasteiger partial charge in [0.25, 0.3) is 0 Å². The summed E-state index contributed by atoms with van der Waals surface area (Å²) in [5, 5.41) is 37.1. The van der Waals surface area contributed by atoms with Crippen LogP contribution in [0.3, 0.4) is 0 Å². The van der Waals surface area contributed by atoms with Gasteiger partial charge >= 0.3 is 0 Å². The first-order valence-electron chi connectivity index (χ1n) is 9.66. The largest absolute Gasteiger partial charge is 0.394 e. The molecule has 0 aliphatic carbocycles. The Balaban J connectivity index is 3.78. The molecule has 0 aromatic carbocycles. The van der Waals surface area contributed by atoms with Crippen molar-refractivity contribution in [2.75, 3.05) is 19.8 Å². The van der Waals surface area contributed by atoms with Gasteiger partial charge in [-0.2, -0.15) is 0 Å². The molecule has 4 atom stereocenters. The first-order chi connectivity index (χ1) is 11.8. The highest BCUT2D eigenvalue weighted by molar-refractivity contribution is 4.97. The van der Waals surface area contributed by atoms with E-state index in [2.05, 4.69) is 27.7 Å². The lowest BCUT2D eigenvalue weighted by molar-refractivity contribution is -0.0974. The van der Waals surface area contributed by atoms with Gasteiger partial charge in [0.15, 0.2) is 0 Å². The lowest BCUT2D eigenvalue weighted by atomic mass is 9.94. The van der Waals surface area contributed by atoms with Crippen molar-refractivity contribution < 1.29 is 25.2 Å². The lowest BCUT2D eigenvalue weighted by Crippen LogP contribution is -2.41. The van der Waals surface area contributed by atoms with Crippen LogP contribution in [0.2, 0.25) is 0 Å². The first kappa shape index (κ1) is 24.5. The Labute approximate surface area is 153 Å². The molecule has 4 N–H and O–H groups in total. The van der Waals surface area contributed by atoms with Gasteiger partial charge in [0.05, 0.1) is 19.8 Å². The van der Waals surface area contributed by atoms with E-state index in [1.165, 1.54) is 37.7 Å². The molecule has 0 heterocycles. The molecule has 0 radical (unpaired) electrons. The number of aliphatic hydroxyl groups excluding tert-OH is 4. The first-order valence-corrected chi connectivity index (χ1v) is 9.66. The summed E-state index contributed by atoms with van der Waals surface area (Å²) in [5.41, 5.74) is 1.26. The Morgan fingerprint density at radius 1 is 0.960 bits per heavy atom. The molecule has 0 aliphatic rings. The molecule has 0 saturated carbocycles. The molecule has 25 heavy (non-hydrogen) atoms. The van der Waals surface area contributed by atoms with Gasteiger partial charge in [-0.05, 0) is 31.6 Å². The minimum absolute atomic E-state index is 0.0745. The normalized spacial score (nSPS) is 17.6. The zero-order valence-corrected chi connectivity index (χ0v) is 16.5. The van der Waals surface area contributed by atoms with Gasteiger partial charge < -0.3 is 25.2 Å². The Morgan fingerprint density at radius 3 is 2.20 bits per heavy atom. The summed E-state index contributed by atoms with van der Waals surface area (Å²) in [4.78, 5) is 0. The van der Waals surface area contributed by atoms with Crippen LogP contribution >= 0.6 is 0 Å². The molecular weight excluding hydrogens is 320 g/mol. The van der Waals surface area contributed by atoms with Crippen molar-refractivity contribution in [3.8, 4) is 0 Å². The van der Waals surface area contributed by atoms with E-state index < -0.39 is 24.9 Å². The summed E-state index contributed by atoms with van der Waals surface area (Å²) in [6, 6.07) is 0. The summed E-state index contributed by atoms with van der Waals surface area (Å²) in [7, 11) is 0. The number of hydrogen-bond donors (Lipinski definition) is 4. The standard InChI is InChI=1S/C20H40O5/c1-15(2)7-5-8-16(3)9-6-10-17(4)11-12-25-14-19(23)20(24)18(22)13-21/h11,15-16,18-24H,5-10,12-14H2,1-4H3/t16?,18-,19+,20+/m1/s1. The average molecular weight is 361 g/mol. The summed E-state index contributed by atoms with van der Waals surface area (Å²) in [5.74, 6) is 1.57. The van der Waals surface area contributed by atoms with Gasteiger partial charge in [0, 0.05) is 0 Å². The summed E-state index contributed by atoms with van der Waals surface area (Å²) in [6.45, 7) is 8.66. The molecule has 5 heteroatoms. The minimum atomic E-state index is -1.40. The van der Waals surface area contributed by atoms with E-state index in [0.29, 0.717) is 6.61 Å². The van der Waals surface area contributed by atoms with E-state index in [1.807, 2.05) is 6.08 Å². The lowest BCUT2D eigenvalue weighted by Gasteiger charge is -2.21. The fourth-order valence-electron chi connectivity index (χ4n) is 2.70. The number of ether oxygens (including phenoxy) is 1. The second kappa shape index (κ2) is 14.7. The number of allylic oxidation sites excluding steroid dienone is 1. The van der Waals surface area contributed by atoms with Crippen LogP contribution < -0.4 is 0 Å². The molecule has 0 bridgehead atoms. The summed E-state index contributed by atoms with van der Waals surface area (Å²) >= 11 is 0. The van der Waals surface area contributed by atoms with Crippen LogP contribution in [-0.4, -0.2) is 58.6 Å². The smallest absolute Gasteiger partial charge is 0.110 e. The van der Waals surface area contributed by atoms with Crippen LogP contribution in [0.15, 0.2) is 11.6 Å². The third kappa shape index (κ3) is 13.4. The maximum absolute atomic E-state index is 9.63. The van der Waals surface area contributed by atoms with Gasteiger partial charge in [0.1, 0.15) is 18.3 Å². The number of aliphatic hydroxyl groups is 4. The van der Waals surface area contributed by atoms with Crippen LogP contribution in [-0.2, 0) is 4.74 Å². The molecule has 1 unspecified atom stereocenters. The quantitative estimate of drug-likeness (QED) is 0.266. The van der Waals surface area contributed by atoms with Crippen LogP contribution in [0, 0.1) is 11.8 Å². The Kier molecular flexibility index (Phi) is 14.4. The van der Waals surface area contributed by atoms with E-state index in [4.69, 9.17) is 9.84 Å². The molecule has 0 aromatic heterocycles. The van der Waals surface area contributed by atoms with E-state index in [-0.39, 0.29) is 6.61 Å². The zero-order valence-electron chi connectivity index (χ0n) is 16.5. The predicted octanol–water partition coefficient (Wildman–Crippen LogP) is 2.66. The highest BCUT2D eigenvalue weighted by Crippen LogP contribution is 2.19. The zero-order chi connectivity index (χ0) is 19.2. The molecule has 0 spiro atoms. The maximum atomic E-state index is 9.63. The van der Waals surface area contributed by atoms with Gasteiger partial charge in [-0.1, -0.05) is 58.1 Å². The molecule has 0 saturated heterocycles. The second-order valence-electron chi connectivity index (χ2n) is 7.72. The summed E-state index contributed by atoms with van der Waals surface area (Å²) in [6.07, 6.45) is 5.45. The summed E-state index contributed by atoms with van der Waals surface area (Å²) < 4.78 is 5.31. The van der Waals surface area contributed by atoms with E-state index in [0.717, 1.165) is 18.3 Å². The van der Waals surface area contributed by atoms with Gasteiger partial charge in [0.2, 0.25) is 0 Å². The van der Waals surface area contributed by atoms with Crippen molar-refractivity contribution >= 4 is 0 Å². The van der Waals surface area contributed by atoms with Gasteiger partial charge in [-0.15, -0.1) is 0 Å². The van der Waals surface area contributed by atoms with Crippen molar-refractivity contribution in [3.05, 3.63) is 11.6 Å². The van der Waals surface area contributed by atoms with Crippen molar-refractivity contribution in [1.29, 1.82) is 0 Å². The molecular formula is C20H40O5. The van der Waals surface area contributed by atoms with E-state index in [1.54, 1.807) is 0 Å². The van der Waals surface area contributed by atoms with Gasteiger partial charge in [-0.3, -0.25) is 0 Å². The van der Waals surface area contributed by atoms with Crippen molar-refractivity contribution in [1.82, 2.24) is 0 Å². The Morgan fingerprint density at radius 2 is 1.60 bits per heavy atom. The molecule has 0 amide bonds. The van der Waals surface area contributed by atoms with Crippen molar-refractivity contribution in [2.45, 2.75) is 84.5 Å². The fraction of sp³-hybridized carbons (Fsp3) is 0.900. The third-order valence-electron chi connectivity index (χ3n) is 4.56. The van der Waals surface area contributed by atoms with E-state index >= 15 is 0 Å². The molecule has 150 valence electrons. The number of rotatable bonds is 15.